The summed E-state index contributed by atoms with van der Waals surface area (Å²) in [5, 5.41) is 17.4. The Labute approximate surface area is 106 Å². The van der Waals surface area contributed by atoms with Gasteiger partial charge in [-0.05, 0) is 12.8 Å². The molecular weight excluding hydrogens is 200 g/mol. The van der Waals surface area contributed by atoms with Crippen LogP contribution in [0.2, 0.25) is 0 Å². The van der Waals surface area contributed by atoms with Crippen LogP contribution in [0.15, 0.2) is 0 Å². The van der Waals surface area contributed by atoms with E-state index in [9.17, 15) is 9.59 Å². The third-order valence-corrected chi connectivity index (χ3v) is 2.40. The second kappa shape index (κ2) is 5.83. The maximum atomic E-state index is 10.6. The zero-order valence-corrected chi connectivity index (χ0v) is 6.69. The van der Waals surface area contributed by atoms with Crippen molar-refractivity contribution < 1.29 is 19.8 Å². The van der Waals surface area contributed by atoms with Gasteiger partial charge in [0.15, 0.2) is 0 Å². The minimum absolute atomic E-state index is 0. The molecule has 0 aromatic rings. The molecule has 0 spiro atoms. The summed E-state index contributed by atoms with van der Waals surface area (Å²) in [6, 6.07) is 0. The van der Waals surface area contributed by atoms with E-state index in [-0.39, 0.29) is 37.7 Å². The van der Waals surface area contributed by atoms with E-state index < -0.39 is 23.8 Å². The fourth-order valence-corrected chi connectivity index (χ4v) is 1.72. The summed E-state index contributed by atoms with van der Waals surface area (Å²) in [7, 11) is 0. The number of rotatable bonds is 2. The van der Waals surface area contributed by atoms with Crippen LogP contribution in [-0.2, 0) is 9.59 Å². The molecule has 1 saturated carbocycles. The quantitative estimate of drug-likeness (QED) is 0.637. The van der Waals surface area contributed by atoms with Gasteiger partial charge in [0.25, 0.3) is 0 Å². The van der Waals surface area contributed by atoms with Crippen LogP contribution in [0.4, 0.5) is 0 Å². The molecule has 13 heavy (non-hydrogen) atoms. The third kappa shape index (κ3) is 3.44. The molecule has 0 unspecified atom stereocenters. The van der Waals surface area contributed by atoms with Crippen molar-refractivity contribution in [1.29, 1.82) is 0 Å². The third-order valence-electron chi connectivity index (χ3n) is 2.40. The number of hydrogen-bond acceptors (Lipinski definition) is 2. The van der Waals surface area contributed by atoms with Gasteiger partial charge in [-0.15, -0.1) is 0 Å². The van der Waals surface area contributed by atoms with Gasteiger partial charge in [0.2, 0.25) is 0 Å². The first-order valence-corrected chi connectivity index (χ1v) is 4.08. The van der Waals surface area contributed by atoms with E-state index in [1.165, 1.54) is 0 Å². The number of hydrogen-bond donors (Lipinski definition) is 2. The van der Waals surface area contributed by atoms with Crippen LogP contribution in [0.25, 0.3) is 0 Å². The first-order chi connectivity index (χ1) is 5.63. The molecule has 0 saturated heterocycles. The Hall–Kier alpha value is 0.200. The summed E-state index contributed by atoms with van der Waals surface area (Å²) in [6.45, 7) is 0. The van der Waals surface area contributed by atoms with Crippen LogP contribution in [0, 0.1) is 11.8 Å². The van der Waals surface area contributed by atoms with Crippen LogP contribution in [-0.4, -0.2) is 59.9 Å². The Kier molecular flexibility index (Phi) is 5.92. The average Bonchev–Trinajstić information content (AvgIpc) is 2.04. The molecular formula is C8H14CaO4. The predicted octanol–water partition coefficient (Wildman–Crippen LogP) is 0.0458. The topological polar surface area (TPSA) is 74.6 Å². The van der Waals surface area contributed by atoms with E-state index in [2.05, 4.69) is 0 Å². The molecule has 72 valence electrons. The average molecular weight is 214 g/mol. The molecule has 0 aromatic heterocycles. The molecule has 0 aliphatic heterocycles. The first kappa shape index (κ1) is 13.2. The number of aliphatic carboxylic acids is 2. The van der Waals surface area contributed by atoms with Crippen LogP contribution in [0.5, 0.6) is 0 Å². The van der Waals surface area contributed by atoms with Crippen molar-refractivity contribution >= 4 is 49.7 Å². The molecule has 0 amide bonds. The SMILES string of the molecule is O=C(O)[C@H]1CCCC[C@H]1C(=O)O.[CaH2]. The molecule has 1 aliphatic rings. The van der Waals surface area contributed by atoms with E-state index in [0.29, 0.717) is 12.8 Å². The second-order valence-electron chi connectivity index (χ2n) is 3.17. The zero-order valence-electron chi connectivity index (χ0n) is 6.69. The summed E-state index contributed by atoms with van der Waals surface area (Å²) < 4.78 is 0. The monoisotopic (exact) mass is 214 g/mol. The van der Waals surface area contributed by atoms with Gasteiger partial charge in [0.1, 0.15) is 0 Å². The summed E-state index contributed by atoms with van der Waals surface area (Å²) in [5.41, 5.74) is 0. The Balaban J connectivity index is 0.00000144. The van der Waals surface area contributed by atoms with Crippen molar-refractivity contribution in [2.24, 2.45) is 11.8 Å². The molecule has 4 nitrogen and oxygen atoms in total. The molecule has 0 heterocycles. The van der Waals surface area contributed by atoms with Crippen LogP contribution in [0.1, 0.15) is 25.7 Å². The summed E-state index contributed by atoms with van der Waals surface area (Å²) in [6.07, 6.45) is 2.68. The fourth-order valence-electron chi connectivity index (χ4n) is 1.72. The van der Waals surface area contributed by atoms with E-state index in [0.717, 1.165) is 12.8 Å². The minimum atomic E-state index is -0.970. The normalized spacial score (nSPS) is 27.4. The van der Waals surface area contributed by atoms with Crippen LogP contribution >= 0.6 is 0 Å². The Morgan fingerprint density at radius 2 is 1.23 bits per heavy atom. The Morgan fingerprint density at radius 1 is 0.923 bits per heavy atom. The van der Waals surface area contributed by atoms with Crippen LogP contribution in [0.3, 0.4) is 0 Å². The van der Waals surface area contributed by atoms with Crippen molar-refractivity contribution in [3.8, 4) is 0 Å². The molecule has 1 fully saturated rings. The summed E-state index contributed by atoms with van der Waals surface area (Å²) in [5.74, 6) is -3.28. The number of carbonyl (C=O) groups is 2. The van der Waals surface area contributed by atoms with Gasteiger partial charge in [-0.1, -0.05) is 12.8 Å². The van der Waals surface area contributed by atoms with Gasteiger partial charge >= 0.3 is 49.7 Å². The van der Waals surface area contributed by atoms with E-state index >= 15 is 0 Å². The van der Waals surface area contributed by atoms with Gasteiger partial charge in [-0.25, -0.2) is 0 Å². The molecule has 2 N–H and O–H groups in total. The van der Waals surface area contributed by atoms with Crippen molar-refractivity contribution in [1.82, 2.24) is 0 Å². The predicted molar refractivity (Wildman–Crippen MR) is 49.3 cm³/mol. The van der Waals surface area contributed by atoms with E-state index in [1.807, 2.05) is 0 Å². The molecule has 2 atom stereocenters. The zero-order chi connectivity index (χ0) is 9.14. The van der Waals surface area contributed by atoms with E-state index in [4.69, 9.17) is 10.2 Å². The first-order valence-electron chi connectivity index (χ1n) is 4.08. The molecule has 0 aromatic carbocycles. The standard InChI is InChI=1S/C8H12O4.Ca.2H/c9-7(10)5-3-1-2-4-6(5)8(11)12;;;/h5-6H,1-4H2,(H,9,10)(H,11,12);;;/t5-,6+;;;. The van der Waals surface area contributed by atoms with Crippen molar-refractivity contribution in [2.75, 3.05) is 0 Å². The summed E-state index contributed by atoms with van der Waals surface area (Å²) in [4.78, 5) is 21.2. The second-order valence-corrected chi connectivity index (χ2v) is 3.17. The maximum absolute atomic E-state index is 10.6. The molecule has 1 aliphatic carbocycles. The molecule has 0 radical (unpaired) electrons. The number of carboxylic acid groups (broad SMARTS) is 2. The number of carboxylic acids is 2. The fraction of sp³-hybridized carbons (Fsp3) is 0.750. The van der Waals surface area contributed by atoms with Gasteiger partial charge in [-0.2, -0.15) is 0 Å². The van der Waals surface area contributed by atoms with Gasteiger partial charge in [0.05, 0.1) is 11.8 Å². The van der Waals surface area contributed by atoms with Crippen molar-refractivity contribution in [2.45, 2.75) is 25.7 Å². The Morgan fingerprint density at radius 3 is 1.46 bits per heavy atom. The van der Waals surface area contributed by atoms with Gasteiger partial charge < -0.3 is 10.2 Å². The van der Waals surface area contributed by atoms with Gasteiger partial charge in [-0.3, -0.25) is 9.59 Å². The molecule has 5 heteroatoms. The summed E-state index contributed by atoms with van der Waals surface area (Å²) >= 11 is 0. The molecule has 1 rings (SSSR count). The van der Waals surface area contributed by atoms with Crippen molar-refractivity contribution in [3.63, 3.8) is 0 Å². The van der Waals surface area contributed by atoms with Crippen LogP contribution < -0.4 is 0 Å². The Bertz CT molecular complexity index is 182. The van der Waals surface area contributed by atoms with Gasteiger partial charge in [0, 0.05) is 0 Å². The van der Waals surface area contributed by atoms with Crippen molar-refractivity contribution in [3.05, 3.63) is 0 Å². The molecule has 0 bridgehead atoms. The van der Waals surface area contributed by atoms with E-state index in [1.54, 1.807) is 0 Å².